The van der Waals surface area contributed by atoms with Gasteiger partial charge in [0.1, 0.15) is 10.6 Å². The van der Waals surface area contributed by atoms with Crippen molar-refractivity contribution in [3.8, 4) is 5.75 Å². The summed E-state index contributed by atoms with van der Waals surface area (Å²) >= 11 is 1.57. The van der Waals surface area contributed by atoms with E-state index in [-0.39, 0.29) is 29.0 Å². The zero-order chi connectivity index (χ0) is 22.1. The molecule has 1 aromatic heterocycles. The van der Waals surface area contributed by atoms with Crippen LogP contribution in [0.2, 0.25) is 0 Å². The normalized spacial score (nSPS) is 12.1. The number of amides is 3. The molecule has 3 amide bonds. The van der Waals surface area contributed by atoms with Crippen molar-refractivity contribution < 1.29 is 22.7 Å². The Hall–Kier alpha value is -2.59. The van der Waals surface area contributed by atoms with E-state index in [1.807, 2.05) is 36.1 Å². The summed E-state index contributed by atoms with van der Waals surface area (Å²) in [5.74, 6) is -0.0949. The molecule has 0 saturated heterocycles. The molecule has 164 valence electrons. The molecule has 1 aromatic carbocycles. The number of ether oxygens (including phenoxy) is 1. The summed E-state index contributed by atoms with van der Waals surface area (Å²) in [7, 11) is -2.85. The number of urea groups is 1. The third-order valence-electron chi connectivity index (χ3n) is 4.21. The summed E-state index contributed by atoms with van der Waals surface area (Å²) in [6.45, 7) is 4.20. The molecule has 1 atom stereocenters. The van der Waals surface area contributed by atoms with Crippen LogP contribution in [-0.4, -0.2) is 34.0 Å². The van der Waals surface area contributed by atoms with Crippen LogP contribution in [0.4, 0.5) is 4.79 Å². The lowest BCUT2D eigenvalue weighted by Gasteiger charge is -2.16. The zero-order valence-corrected chi connectivity index (χ0v) is 18.9. The fraction of sp³-hybridized carbons (Fsp3) is 0.400. The second-order valence-electron chi connectivity index (χ2n) is 6.53. The van der Waals surface area contributed by atoms with Gasteiger partial charge in [0.05, 0.1) is 19.1 Å². The molecule has 3 N–H and O–H groups in total. The Morgan fingerprint density at radius 3 is 2.57 bits per heavy atom. The van der Waals surface area contributed by atoms with E-state index < -0.39 is 16.1 Å². The van der Waals surface area contributed by atoms with Crippen LogP contribution in [0.1, 0.15) is 43.2 Å². The first kappa shape index (κ1) is 23.7. The predicted molar refractivity (Wildman–Crippen MR) is 116 cm³/mol. The molecule has 0 bridgehead atoms. The van der Waals surface area contributed by atoms with E-state index in [4.69, 9.17) is 4.74 Å². The third-order valence-corrected chi connectivity index (χ3v) is 6.55. The van der Waals surface area contributed by atoms with E-state index in [0.29, 0.717) is 18.6 Å². The molecule has 0 saturated carbocycles. The molecule has 0 fully saturated rings. The molecule has 2 aromatic rings. The minimum Gasteiger partial charge on any atom is -0.492 e. The molecule has 0 spiro atoms. The predicted octanol–water partition coefficient (Wildman–Crippen LogP) is 2.96. The molecule has 2 rings (SSSR count). The average Bonchev–Trinajstić information content (AvgIpc) is 3.25. The van der Waals surface area contributed by atoms with Crippen LogP contribution in [-0.2, 0) is 21.2 Å². The number of carbonyl (C=O) groups is 2. The smallest absolute Gasteiger partial charge is 0.328 e. The lowest BCUT2D eigenvalue weighted by molar-refractivity contribution is -0.121. The van der Waals surface area contributed by atoms with Crippen LogP contribution >= 0.6 is 11.3 Å². The molecule has 30 heavy (non-hydrogen) atoms. The molecule has 0 aliphatic heterocycles. The second-order valence-corrected chi connectivity index (χ2v) is 9.16. The maximum atomic E-state index is 12.7. The Bertz CT molecular complexity index is 959. The van der Waals surface area contributed by atoms with Gasteiger partial charge in [0.2, 0.25) is 5.91 Å². The molecular weight excluding hydrogens is 426 g/mol. The number of carbonyl (C=O) groups excluding carboxylic acids is 2. The highest BCUT2D eigenvalue weighted by Crippen LogP contribution is 2.26. The topological polar surface area (TPSA) is 114 Å². The van der Waals surface area contributed by atoms with Crippen LogP contribution in [0, 0.1) is 0 Å². The van der Waals surface area contributed by atoms with Crippen molar-refractivity contribution in [1.29, 1.82) is 0 Å². The molecule has 10 heteroatoms. The van der Waals surface area contributed by atoms with Crippen molar-refractivity contribution in [3.05, 3.63) is 46.2 Å². The van der Waals surface area contributed by atoms with E-state index in [0.717, 1.165) is 11.3 Å². The standard InChI is InChI=1S/C20H27N3O5S2/c1-4-10-28-16-9-8-14(12-18(16)30(26,27)23-20(25)21-3)13-19(24)22-15(5-2)17-7-6-11-29-17/h6-9,11-12,15H,4-5,10,13H2,1-3H3,(H,22,24)(H2,21,23,25). The largest absolute Gasteiger partial charge is 0.492 e. The van der Waals surface area contributed by atoms with E-state index >= 15 is 0 Å². The van der Waals surface area contributed by atoms with Gasteiger partial charge in [-0.15, -0.1) is 11.3 Å². The third kappa shape index (κ3) is 6.46. The summed E-state index contributed by atoms with van der Waals surface area (Å²) in [6.07, 6.45) is 1.43. The first-order chi connectivity index (χ1) is 14.3. The number of thiophene rings is 1. The Morgan fingerprint density at radius 1 is 1.20 bits per heavy atom. The highest BCUT2D eigenvalue weighted by molar-refractivity contribution is 7.90. The molecule has 0 aliphatic rings. The molecular formula is C20H27N3O5S2. The Kier molecular flexibility index (Phi) is 8.67. The van der Waals surface area contributed by atoms with Crippen molar-refractivity contribution in [3.63, 3.8) is 0 Å². The summed E-state index contributed by atoms with van der Waals surface area (Å²) in [4.78, 5) is 25.0. The van der Waals surface area contributed by atoms with Crippen molar-refractivity contribution >= 4 is 33.3 Å². The van der Waals surface area contributed by atoms with Crippen molar-refractivity contribution in [2.75, 3.05) is 13.7 Å². The van der Waals surface area contributed by atoms with Gasteiger partial charge in [-0.05, 0) is 42.0 Å². The molecule has 1 heterocycles. The van der Waals surface area contributed by atoms with E-state index in [9.17, 15) is 18.0 Å². The van der Waals surface area contributed by atoms with Crippen LogP contribution in [0.15, 0.2) is 40.6 Å². The SMILES string of the molecule is CCCOc1ccc(CC(=O)NC(CC)c2cccs2)cc1S(=O)(=O)NC(=O)NC. The van der Waals surface area contributed by atoms with Gasteiger partial charge in [-0.1, -0.05) is 26.0 Å². The van der Waals surface area contributed by atoms with Crippen molar-refractivity contribution in [1.82, 2.24) is 15.4 Å². The van der Waals surface area contributed by atoms with Crippen LogP contribution < -0.4 is 20.1 Å². The second kappa shape index (κ2) is 11.0. The van der Waals surface area contributed by atoms with Gasteiger partial charge >= 0.3 is 6.03 Å². The van der Waals surface area contributed by atoms with Crippen LogP contribution in [0.25, 0.3) is 0 Å². The molecule has 0 aliphatic carbocycles. The van der Waals surface area contributed by atoms with E-state index in [2.05, 4.69) is 10.6 Å². The fourth-order valence-electron chi connectivity index (χ4n) is 2.73. The summed E-state index contributed by atoms with van der Waals surface area (Å²) in [6, 6.07) is 7.46. The molecule has 1 unspecified atom stereocenters. The average molecular weight is 454 g/mol. The Labute approximate surface area is 181 Å². The van der Waals surface area contributed by atoms with Crippen LogP contribution in [0.3, 0.4) is 0 Å². The highest BCUT2D eigenvalue weighted by Gasteiger charge is 2.23. The number of benzene rings is 1. The number of sulfonamides is 1. The van der Waals surface area contributed by atoms with Crippen molar-refractivity contribution in [2.24, 2.45) is 0 Å². The maximum absolute atomic E-state index is 12.7. The zero-order valence-electron chi connectivity index (χ0n) is 17.2. The molecule has 0 radical (unpaired) electrons. The summed E-state index contributed by atoms with van der Waals surface area (Å²) < 4.78 is 32.8. The molecule has 8 nitrogen and oxygen atoms in total. The summed E-state index contributed by atoms with van der Waals surface area (Å²) in [5, 5.41) is 7.14. The summed E-state index contributed by atoms with van der Waals surface area (Å²) in [5.41, 5.74) is 0.495. The number of hydrogen-bond acceptors (Lipinski definition) is 6. The van der Waals surface area contributed by atoms with Gasteiger partial charge in [0.15, 0.2) is 0 Å². The van der Waals surface area contributed by atoms with Crippen molar-refractivity contribution in [2.45, 2.75) is 44.0 Å². The fourth-order valence-corrected chi connectivity index (χ4v) is 4.74. The number of rotatable bonds is 10. The van der Waals surface area contributed by atoms with Gasteiger partial charge in [-0.3, -0.25) is 4.79 Å². The van der Waals surface area contributed by atoms with E-state index in [1.165, 1.54) is 19.2 Å². The van der Waals surface area contributed by atoms with Gasteiger partial charge < -0.3 is 15.4 Å². The lowest BCUT2D eigenvalue weighted by Crippen LogP contribution is -2.37. The number of nitrogens with one attached hydrogen (secondary N) is 3. The lowest BCUT2D eigenvalue weighted by atomic mass is 10.1. The first-order valence-electron chi connectivity index (χ1n) is 9.63. The van der Waals surface area contributed by atoms with Crippen LogP contribution in [0.5, 0.6) is 5.75 Å². The Morgan fingerprint density at radius 2 is 1.97 bits per heavy atom. The maximum Gasteiger partial charge on any atom is 0.328 e. The monoisotopic (exact) mass is 453 g/mol. The van der Waals surface area contributed by atoms with Gasteiger partial charge in [0, 0.05) is 11.9 Å². The number of hydrogen-bond donors (Lipinski definition) is 3. The van der Waals surface area contributed by atoms with Gasteiger partial charge in [0.25, 0.3) is 10.0 Å². The quantitative estimate of drug-likeness (QED) is 0.512. The van der Waals surface area contributed by atoms with Gasteiger partial charge in [-0.25, -0.2) is 17.9 Å². The van der Waals surface area contributed by atoms with E-state index in [1.54, 1.807) is 17.4 Å². The first-order valence-corrected chi connectivity index (χ1v) is 12.0. The minimum absolute atomic E-state index is 0.00156. The van der Waals surface area contributed by atoms with Gasteiger partial charge in [-0.2, -0.15) is 0 Å². The Balaban J connectivity index is 2.24. The highest BCUT2D eigenvalue weighted by atomic mass is 32.2. The minimum atomic E-state index is -4.17.